The molecule has 0 spiro atoms. The fourth-order valence-corrected chi connectivity index (χ4v) is 1.93. The van der Waals surface area contributed by atoms with E-state index in [-0.39, 0.29) is 0 Å². The molecule has 1 nitrogen and oxygen atoms in total. The summed E-state index contributed by atoms with van der Waals surface area (Å²) in [5.41, 5.74) is 5.75. The van der Waals surface area contributed by atoms with Crippen LogP contribution in [0.1, 0.15) is 13.3 Å². The van der Waals surface area contributed by atoms with Gasteiger partial charge in [0, 0.05) is 6.04 Å². The molecule has 1 fully saturated rings. The lowest BCUT2D eigenvalue weighted by Crippen LogP contribution is -2.47. The molecular formula is C8H13N. The number of fused-ring (bicyclic) bond motifs is 1. The number of allylic oxidation sites excluding steroid dienone is 2. The van der Waals surface area contributed by atoms with E-state index in [4.69, 9.17) is 5.73 Å². The molecule has 0 bridgehead atoms. The van der Waals surface area contributed by atoms with Gasteiger partial charge in [0.2, 0.25) is 0 Å². The molecule has 0 aliphatic heterocycles. The molecule has 0 amide bonds. The van der Waals surface area contributed by atoms with Crippen molar-refractivity contribution in [1.29, 1.82) is 0 Å². The van der Waals surface area contributed by atoms with Gasteiger partial charge >= 0.3 is 0 Å². The fourth-order valence-electron chi connectivity index (χ4n) is 1.93. The Morgan fingerprint density at radius 1 is 1.56 bits per heavy atom. The summed E-state index contributed by atoms with van der Waals surface area (Å²) >= 11 is 0. The summed E-state index contributed by atoms with van der Waals surface area (Å²) in [7, 11) is 0. The topological polar surface area (TPSA) is 26.0 Å². The van der Waals surface area contributed by atoms with E-state index in [0.29, 0.717) is 6.04 Å². The number of hydrogen-bond acceptors (Lipinski definition) is 1. The maximum atomic E-state index is 5.75. The summed E-state index contributed by atoms with van der Waals surface area (Å²) in [4.78, 5) is 0. The summed E-state index contributed by atoms with van der Waals surface area (Å²) in [6.07, 6.45) is 5.96. The first-order valence-corrected chi connectivity index (χ1v) is 3.73. The largest absolute Gasteiger partial charge is 0.328 e. The van der Waals surface area contributed by atoms with Crippen molar-refractivity contribution in [1.82, 2.24) is 0 Å². The zero-order chi connectivity index (χ0) is 6.43. The molecule has 2 N–H and O–H groups in total. The molecule has 0 aromatic carbocycles. The molecule has 0 saturated heterocycles. The molecule has 50 valence electrons. The molecule has 1 saturated carbocycles. The lowest BCUT2D eigenvalue weighted by atomic mass is 9.56. The van der Waals surface area contributed by atoms with Gasteiger partial charge in [-0.15, -0.1) is 0 Å². The van der Waals surface area contributed by atoms with Crippen molar-refractivity contribution in [3.05, 3.63) is 12.2 Å². The highest BCUT2D eigenvalue weighted by Gasteiger charge is 2.43. The van der Waals surface area contributed by atoms with Crippen molar-refractivity contribution in [2.45, 2.75) is 19.4 Å². The van der Waals surface area contributed by atoms with E-state index >= 15 is 0 Å². The zero-order valence-corrected chi connectivity index (χ0v) is 5.75. The molecule has 0 aromatic rings. The Hall–Kier alpha value is -0.300. The van der Waals surface area contributed by atoms with Crippen LogP contribution in [0.5, 0.6) is 0 Å². The van der Waals surface area contributed by atoms with Crippen molar-refractivity contribution in [2.75, 3.05) is 0 Å². The highest BCUT2D eigenvalue weighted by Crippen LogP contribution is 2.49. The number of hydrogen-bond donors (Lipinski definition) is 1. The lowest BCUT2D eigenvalue weighted by Gasteiger charge is -2.49. The molecule has 2 aliphatic rings. The predicted molar refractivity (Wildman–Crippen MR) is 37.9 cm³/mol. The van der Waals surface area contributed by atoms with Gasteiger partial charge in [-0.2, -0.15) is 0 Å². The minimum absolute atomic E-state index is 0.413. The van der Waals surface area contributed by atoms with Gasteiger partial charge in [0.15, 0.2) is 0 Å². The Morgan fingerprint density at radius 2 is 2.33 bits per heavy atom. The summed E-state index contributed by atoms with van der Waals surface area (Å²) in [6, 6.07) is 0.413. The maximum absolute atomic E-state index is 5.75. The van der Waals surface area contributed by atoms with Gasteiger partial charge in [-0.05, 0) is 31.1 Å². The lowest BCUT2D eigenvalue weighted by molar-refractivity contribution is 0.104. The van der Waals surface area contributed by atoms with Crippen molar-refractivity contribution >= 4 is 0 Å². The molecule has 0 heterocycles. The SMILES string of the molecule is CC(N)C1CC2C=CC21. The number of nitrogens with two attached hydrogens (primary N) is 1. The Morgan fingerprint density at radius 3 is 2.44 bits per heavy atom. The third-order valence-corrected chi connectivity index (χ3v) is 2.79. The minimum Gasteiger partial charge on any atom is -0.328 e. The highest BCUT2D eigenvalue weighted by atomic mass is 14.7. The van der Waals surface area contributed by atoms with E-state index in [1.54, 1.807) is 0 Å². The first-order valence-electron chi connectivity index (χ1n) is 3.73. The van der Waals surface area contributed by atoms with Gasteiger partial charge in [-0.3, -0.25) is 0 Å². The number of rotatable bonds is 1. The van der Waals surface area contributed by atoms with Crippen LogP contribution in [0, 0.1) is 17.8 Å². The van der Waals surface area contributed by atoms with Crippen molar-refractivity contribution in [3.8, 4) is 0 Å². The van der Waals surface area contributed by atoms with Crippen LogP contribution in [-0.4, -0.2) is 6.04 Å². The quantitative estimate of drug-likeness (QED) is 0.520. The van der Waals surface area contributed by atoms with E-state index < -0.39 is 0 Å². The average molecular weight is 123 g/mol. The summed E-state index contributed by atoms with van der Waals surface area (Å²) < 4.78 is 0. The smallest absolute Gasteiger partial charge is 0.00448 e. The molecule has 9 heavy (non-hydrogen) atoms. The van der Waals surface area contributed by atoms with Crippen LogP contribution in [0.25, 0.3) is 0 Å². The summed E-state index contributed by atoms with van der Waals surface area (Å²) in [6.45, 7) is 2.12. The van der Waals surface area contributed by atoms with Crippen LogP contribution in [0.4, 0.5) is 0 Å². The first kappa shape index (κ1) is 5.48. The normalized spacial score (nSPS) is 48.9. The van der Waals surface area contributed by atoms with E-state index in [1.807, 2.05) is 0 Å². The van der Waals surface area contributed by atoms with Crippen molar-refractivity contribution < 1.29 is 0 Å². The van der Waals surface area contributed by atoms with Crippen LogP contribution < -0.4 is 5.73 Å². The van der Waals surface area contributed by atoms with Gasteiger partial charge in [0.05, 0.1) is 0 Å². The molecule has 2 rings (SSSR count). The highest BCUT2D eigenvalue weighted by molar-refractivity contribution is 5.19. The minimum atomic E-state index is 0.413. The maximum Gasteiger partial charge on any atom is 0.00448 e. The average Bonchev–Trinajstić information content (AvgIpc) is 1.76. The third-order valence-electron chi connectivity index (χ3n) is 2.79. The van der Waals surface area contributed by atoms with Crippen molar-refractivity contribution in [2.24, 2.45) is 23.5 Å². The van der Waals surface area contributed by atoms with Gasteiger partial charge in [-0.1, -0.05) is 12.2 Å². The van der Waals surface area contributed by atoms with Gasteiger partial charge < -0.3 is 5.73 Å². The monoisotopic (exact) mass is 123 g/mol. The molecule has 0 radical (unpaired) electrons. The second-order valence-corrected chi connectivity index (χ2v) is 3.38. The molecule has 1 heteroatoms. The first-order chi connectivity index (χ1) is 4.29. The Bertz CT molecular complexity index is 149. The van der Waals surface area contributed by atoms with Crippen LogP contribution >= 0.6 is 0 Å². The Kier molecular flexibility index (Phi) is 0.974. The van der Waals surface area contributed by atoms with Gasteiger partial charge in [-0.25, -0.2) is 0 Å². The van der Waals surface area contributed by atoms with Crippen molar-refractivity contribution in [3.63, 3.8) is 0 Å². The zero-order valence-electron chi connectivity index (χ0n) is 5.75. The van der Waals surface area contributed by atoms with Crippen LogP contribution in [0.15, 0.2) is 12.2 Å². The second-order valence-electron chi connectivity index (χ2n) is 3.38. The summed E-state index contributed by atoms with van der Waals surface area (Å²) in [5.74, 6) is 2.59. The van der Waals surface area contributed by atoms with Crippen LogP contribution in [0.2, 0.25) is 0 Å². The van der Waals surface area contributed by atoms with E-state index in [0.717, 1.165) is 17.8 Å². The summed E-state index contributed by atoms with van der Waals surface area (Å²) in [5, 5.41) is 0. The molecule has 2 aliphatic carbocycles. The fraction of sp³-hybridized carbons (Fsp3) is 0.750. The predicted octanol–water partition coefficient (Wildman–Crippen LogP) is 1.16. The van der Waals surface area contributed by atoms with Gasteiger partial charge in [0.1, 0.15) is 0 Å². The molecular weight excluding hydrogens is 110 g/mol. The van der Waals surface area contributed by atoms with E-state index in [1.165, 1.54) is 6.42 Å². The van der Waals surface area contributed by atoms with Crippen LogP contribution in [0.3, 0.4) is 0 Å². The standard InChI is InChI=1S/C8H13N/c1-5(9)8-4-6-2-3-7(6)8/h2-3,5-8H,4,9H2,1H3. The Balaban J connectivity index is 1.98. The van der Waals surface area contributed by atoms with E-state index in [2.05, 4.69) is 19.1 Å². The molecule has 4 unspecified atom stereocenters. The Labute approximate surface area is 55.9 Å². The van der Waals surface area contributed by atoms with Gasteiger partial charge in [0.25, 0.3) is 0 Å². The third kappa shape index (κ3) is 0.584. The molecule has 4 atom stereocenters. The second kappa shape index (κ2) is 1.60. The van der Waals surface area contributed by atoms with E-state index in [9.17, 15) is 0 Å². The molecule has 0 aromatic heterocycles. The van der Waals surface area contributed by atoms with Crippen LogP contribution in [-0.2, 0) is 0 Å².